The summed E-state index contributed by atoms with van der Waals surface area (Å²) in [6.45, 7) is 0.826. The number of alkyl halides is 3. The van der Waals surface area contributed by atoms with Crippen molar-refractivity contribution in [3.05, 3.63) is 69.2 Å². The zero-order valence-electron chi connectivity index (χ0n) is 13.9. The minimum atomic E-state index is -4.57. The highest BCUT2D eigenvalue weighted by Gasteiger charge is 2.31. The van der Waals surface area contributed by atoms with Gasteiger partial charge in [-0.25, -0.2) is 4.98 Å². The molecule has 0 amide bonds. The Morgan fingerprint density at radius 2 is 2.00 bits per heavy atom. The highest BCUT2D eigenvalue weighted by atomic mass is 35.5. The molecule has 3 rings (SSSR count). The maximum atomic E-state index is 13.1. The predicted octanol–water partition coefficient (Wildman–Crippen LogP) is 4.10. The van der Waals surface area contributed by atoms with Gasteiger partial charge < -0.3 is 4.74 Å². The van der Waals surface area contributed by atoms with Crippen molar-refractivity contribution < 1.29 is 22.7 Å². The van der Waals surface area contributed by atoms with Crippen molar-refractivity contribution >= 4 is 23.2 Å². The number of carbonyl (C=O) groups excluding carboxylic acids is 1. The lowest BCUT2D eigenvalue weighted by atomic mass is 10.0. The van der Waals surface area contributed by atoms with Crippen LogP contribution in [0.2, 0.25) is 5.02 Å². The van der Waals surface area contributed by atoms with E-state index in [9.17, 15) is 22.8 Å². The molecule has 0 atom stereocenters. The van der Waals surface area contributed by atoms with E-state index in [0.717, 1.165) is 16.5 Å². The molecule has 0 aliphatic heterocycles. The molecule has 0 bridgehead atoms. The number of pyridine rings is 1. The Labute approximate surface area is 156 Å². The molecule has 0 radical (unpaired) electrons. The number of aromatic nitrogens is 2. The Hall–Kier alpha value is -2.87. The number of esters is 1. The van der Waals surface area contributed by atoms with E-state index < -0.39 is 23.3 Å². The van der Waals surface area contributed by atoms with Gasteiger partial charge in [0, 0.05) is 13.1 Å². The average Bonchev–Trinajstić information content (AvgIpc) is 2.60. The Balaban J connectivity index is 2.29. The average molecular weight is 397 g/mol. The fourth-order valence-electron chi connectivity index (χ4n) is 2.57. The van der Waals surface area contributed by atoms with E-state index in [1.54, 1.807) is 0 Å². The fraction of sp³-hybridized carbons (Fsp3) is 0.167. The van der Waals surface area contributed by atoms with Crippen LogP contribution in [0, 0.1) is 0 Å². The van der Waals surface area contributed by atoms with Gasteiger partial charge in [0.25, 0.3) is 5.56 Å². The number of carbonyl (C=O) groups is 1. The van der Waals surface area contributed by atoms with Crippen molar-refractivity contribution in [1.29, 1.82) is 0 Å². The van der Waals surface area contributed by atoms with Gasteiger partial charge in [-0.05, 0) is 29.8 Å². The summed E-state index contributed by atoms with van der Waals surface area (Å²) < 4.78 is 45.2. The summed E-state index contributed by atoms with van der Waals surface area (Å²) in [6.07, 6.45) is -3.26. The molecule has 5 nitrogen and oxygen atoms in total. The first kappa shape index (κ1) is 18.9. The molecule has 0 unspecified atom stereocenters. The van der Waals surface area contributed by atoms with E-state index >= 15 is 0 Å². The van der Waals surface area contributed by atoms with E-state index in [-0.39, 0.29) is 34.1 Å². The highest BCUT2D eigenvalue weighted by Crippen LogP contribution is 2.32. The third-order valence-corrected chi connectivity index (χ3v) is 3.98. The molecular formula is C18H12ClF3N2O3. The van der Waals surface area contributed by atoms with Gasteiger partial charge in [-0.3, -0.25) is 14.0 Å². The van der Waals surface area contributed by atoms with Crippen LogP contribution < -0.4 is 5.56 Å². The number of hydrogen-bond donors (Lipinski definition) is 0. The topological polar surface area (TPSA) is 60.7 Å². The van der Waals surface area contributed by atoms with E-state index in [2.05, 4.69) is 4.98 Å². The first-order valence-electron chi connectivity index (χ1n) is 7.68. The van der Waals surface area contributed by atoms with Gasteiger partial charge >= 0.3 is 12.1 Å². The van der Waals surface area contributed by atoms with Gasteiger partial charge in [-0.15, -0.1) is 0 Å². The molecule has 1 aromatic carbocycles. The summed E-state index contributed by atoms with van der Waals surface area (Å²) in [5, 5.41) is 0.258. The van der Waals surface area contributed by atoms with Crippen molar-refractivity contribution in [3.8, 4) is 11.1 Å². The molecule has 2 heterocycles. The molecule has 0 aliphatic carbocycles. The molecule has 3 aromatic rings. The summed E-state index contributed by atoms with van der Waals surface area (Å²) in [5.74, 6) is -0.608. The third-order valence-electron chi connectivity index (χ3n) is 3.75. The molecule has 0 saturated heterocycles. The van der Waals surface area contributed by atoms with Crippen LogP contribution in [-0.4, -0.2) is 15.4 Å². The van der Waals surface area contributed by atoms with Crippen LogP contribution in [-0.2, 0) is 22.3 Å². The Kier molecular flexibility index (Phi) is 4.93. The number of rotatable bonds is 3. The lowest BCUT2D eigenvalue weighted by molar-refractivity contribution is -0.142. The maximum absolute atomic E-state index is 13.1. The quantitative estimate of drug-likeness (QED) is 0.625. The van der Waals surface area contributed by atoms with Crippen LogP contribution >= 0.6 is 11.6 Å². The second-order valence-corrected chi connectivity index (χ2v) is 6.11. The van der Waals surface area contributed by atoms with Crippen molar-refractivity contribution in [2.24, 2.45) is 0 Å². The van der Waals surface area contributed by atoms with Crippen molar-refractivity contribution in [2.75, 3.05) is 0 Å². The second-order valence-electron chi connectivity index (χ2n) is 5.67. The predicted molar refractivity (Wildman–Crippen MR) is 92.4 cm³/mol. The molecule has 2 aromatic heterocycles. The molecule has 0 saturated carbocycles. The smallest absolute Gasteiger partial charge is 0.416 e. The summed E-state index contributed by atoms with van der Waals surface area (Å²) in [6, 6.07) is 7.31. The van der Waals surface area contributed by atoms with Gasteiger partial charge in [0.2, 0.25) is 0 Å². The molecule has 0 spiro atoms. The largest absolute Gasteiger partial charge is 0.459 e. The minimum Gasteiger partial charge on any atom is -0.459 e. The number of ether oxygens (including phenoxy) is 1. The molecule has 0 N–H and O–H groups in total. The van der Waals surface area contributed by atoms with E-state index in [4.69, 9.17) is 16.3 Å². The van der Waals surface area contributed by atoms with E-state index in [1.807, 2.05) is 0 Å². The van der Waals surface area contributed by atoms with E-state index in [1.165, 1.54) is 37.4 Å². The van der Waals surface area contributed by atoms with E-state index in [0.29, 0.717) is 0 Å². The molecular weight excluding hydrogens is 385 g/mol. The summed E-state index contributed by atoms with van der Waals surface area (Å²) in [7, 11) is 0. The van der Waals surface area contributed by atoms with Gasteiger partial charge in [0.15, 0.2) is 0 Å². The first-order valence-corrected chi connectivity index (χ1v) is 8.06. The Morgan fingerprint density at radius 3 is 2.67 bits per heavy atom. The number of nitrogens with zero attached hydrogens (tertiary/aromatic N) is 2. The summed E-state index contributed by atoms with van der Waals surface area (Å²) in [5.41, 5.74) is -1.34. The van der Waals surface area contributed by atoms with Crippen LogP contribution in [0.15, 0.2) is 47.4 Å². The van der Waals surface area contributed by atoms with Gasteiger partial charge in [-0.1, -0.05) is 23.7 Å². The number of fused-ring (bicyclic) bond motifs is 1. The molecule has 27 heavy (non-hydrogen) atoms. The standard InChI is InChI=1S/C18H12ClF3N2O3/c1-10(25)27-9-14-16(11-3-2-4-12(7-11)18(20,21)22)17(26)24-8-13(19)5-6-15(24)23-14/h2-8H,9H2,1H3. The van der Waals surface area contributed by atoms with Crippen molar-refractivity contribution in [3.63, 3.8) is 0 Å². The minimum absolute atomic E-state index is 0.0128. The SMILES string of the molecule is CC(=O)OCc1nc2ccc(Cl)cn2c(=O)c1-c1cccc(C(F)(F)F)c1. The summed E-state index contributed by atoms with van der Waals surface area (Å²) in [4.78, 5) is 28.4. The van der Waals surface area contributed by atoms with Crippen LogP contribution in [0.3, 0.4) is 0 Å². The van der Waals surface area contributed by atoms with Gasteiger partial charge in [-0.2, -0.15) is 13.2 Å². The Morgan fingerprint density at radius 1 is 1.26 bits per heavy atom. The highest BCUT2D eigenvalue weighted by molar-refractivity contribution is 6.30. The molecule has 140 valence electrons. The summed E-state index contributed by atoms with van der Waals surface area (Å²) >= 11 is 5.91. The zero-order chi connectivity index (χ0) is 19.8. The molecule has 0 aliphatic rings. The lowest BCUT2D eigenvalue weighted by Gasteiger charge is -2.13. The monoisotopic (exact) mass is 396 g/mol. The maximum Gasteiger partial charge on any atom is 0.416 e. The zero-order valence-corrected chi connectivity index (χ0v) is 14.6. The van der Waals surface area contributed by atoms with Gasteiger partial charge in [0.05, 0.1) is 21.8 Å². The molecule has 0 fully saturated rings. The fourth-order valence-corrected chi connectivity index (χ4v) is 2.73. The van der Waals surface area contributed by atoms with Crippen LogP contribution in [0.5, 0.6) is 0 Å². The second kappa shape index (κ2) is 7.03. The number of benzene rings is 1. The van der Waals surface area contributed by atoms with Crippen molar-refractivity contribution in [2.45, 2.75) is 19.7 Å². The van der Waals surface area contributed by atoms with Crippen LogP contribution in [0.1, 0.15) is 18.2 Å². The number of halogens is 4. The van der Waals surface area contributed by atoms with Crippen LogP contribution in [0.25, 0.3) is 16.8 Å². The lowest BCUT2D eigenvalue weighted by Crippen LogP contribution is -2.21. The van der Waals surface area contributed by atoms with Crippen LogP contribution in [0.4, 0.5) is 13.2 Å². The van der Waals surface area contributed by atoms with Gasteiger partial charge in [0.1, 0.15) is 12.3 Å². The number of hydrogen-bond acceptors (Lipinski definition) is 4. The normalized spacial score (nSPS) is 11.6. The Bertz CT molecular complexity index is 1090. The third kappa shape index (κ3) is 3.95. The first-order chi connectivity index (χ1) is 12.7. The molecule has 9 heteroatoms. The van der Waals surface area contributed by atoms with Crippen molar-refractivity contribution in [1.82, 2.24) is 9.38 Å².